The van der Waals surface area contributed by atoms with Crippen LogP contribution in [0.25, 0.3) is 0 Å². The summed E-state index contributed by atoms with van der Waals surface area (Å²) in [7, 11) is 0. The topological polar surface area (TPSA) is 77.8 Å². The maximum absolute atomic E-state index is 11.4. The fourth-order valence-electron chi connectivity index (χ4n) is 1.23. The summed E-state index contributed by atoms with van der Waals surface area (Å²) < 4.78 is 20.7. The highest BCUT2D eigenvalue weighted by Crippen LogP contribution is 2.23. The molecule has 0 aromatic heterocycles. The Morgan fingerprint density at radius 1 is 1.21 bits per heavy atom. The van der Waals surface area contributed by atoms with E-state index in [1.54, 1.807) is 34.6 Å². The van der Waals surface area contributed by atoms with Gasteiger partial charge in [0.15, 0.2) is 0 Å². The second-order valence-electron chi connectivity index (χ2n) is 4.71. The molecule has 0 bridgehead atoms. The Hall–Kier alpha value is -1.32. The van der Waals surface area contributed by atoms with E-state index in [1.807, 2.05) is 6.07 Å². The van der Waals surface area contributed by atoms with Gasteiger partial charge in [0.25, 0.3) is 0 Å². The average molecular weight is 273 g/mol. The summed E-state index contributed by atoms with van der Waals surface area (Å²) in [5, 5.41) is 9.26. The van der Waals surface area contributed by atoms with Crippen LogP contribution in [0.15, 0.2) is 0 Å². The zero-order valence-corrected chi connectivity index (χ0v) is 12.4. The number of nitrogens with zero attached hydrogens (tertiary/aromatic N) is 1. The molecular formula is C13H23NO5. The summed E-state index contributed by atoms with van der Waals surface area (Å²) in [5.41, 5.74) is -1.57. The van der Waals surface area contributed by atoms with Gasteiger partial charge in [-0.1, -0.05) is 0 Å². The second kappa shape index (κ2) is 7.97. The minimum atomic E-state index is -1.57. The van der Waals surface area contributed by atoms with E-state index in [0.29, 0.717) is 0 Å². The average Bonchev–Trinajstić information content (AvgIpc) is 2.27. The van der Waals surface area contributed by atoms with Crippen LogP contribution in [-0.4, -0.2) is 36.9 Å². The van der Waals surface area contributed by atoms with Crippen molar-refractivity contribution in [3.63, 3.8) is 0 Å². The zero-order chi connectivity index (χ0) is 15.1. The highest BCUT2D eigenvalue weighted by molar-refractivity contribution is 5.61. The fourth-order valence-corrected chi connectivity index (χ4v) is 1.23. The van der Waals surface area contributed by atoms with E-state index >= 15 is 0 Å². The third kappa shape index (κ3) is 6.41. The summed E-state index contributed by atoms with van der Waals surface area (Å²) in [6.07, 6.45) is -2.26. The molecule has 0 amide bonds. The number of ether oxygens (including phenoxy) is 4. The Morgan fingerprint density at radius 3 is 2.00 bits per heavy atom. The Bertz CT molecular complexity index is 313. The van der Waals surface area contributed by atoms with Crippen LogP contribution in [0.3, 0.4) is 0 Å². The monoisotopic (exact) mass is 273 g/mol. The van der Waals surface area contributed by atoms with E-state index in [9.17, 15) is 10.1 Å². The lowest BCUT2D eigenvalue weighted by atomic mass is 10.1. The highest BCUT2D eigenvalue weighted by atomic mass is 16.8. The molecule has 6 nitrogen and oxygen atoms in total. The number of carbonyl (C=O) groups excluding carboxylic acids is 1. The van der Waals surface area contributed by atoms with Crippen molar-refractivity contribution in [1.82, 2.24) is 0 Å². The molecule has 0 aromatic carbocycles. The number of nitriles is 1. The van der Waals surface area contributed by atoms with Crippen LogP contribution in [0, 0.1) is 11.3 Å². The SMILES string of the molecule is CCOC(=O)OC(C)(C#N)C(OC(C)C)OC(C)C. The van der Waals surface area contributed by atoms with Crippen LogP contribution >= 0.6 is 0 Å². The summed E-state index contributed by atoms with van der Waals surface area (Å²) in [4.78, 5) is 11.4. The molecule has 0 saturated carbocycles. The molecule has 0 saturated heterocycles. The normalized spacial score (nSPS) is 14.3. The molecule has 0 aliphatic rings. The Morgan fingerprint density at radius 2 is 1.68 bits per heavy atom. The molecule has 0 aromatic rings. The van der Waals surface area contributed by atoms with Gasteiger partial charge in [0.1, 0.15) is 6.07 Å². The van der Waals surface area contributed by atoms with Crippen molar-refractivity contribution in [3.8, 4) is 6.07 Å². The predicted octanol–water partition coefficient (Wildman–Crippen LogP) is 2.62. The van der Waals surface area contributed by atoms with Crippen LogP contribution in [0.5, 0.6) is 0 Å². The lowest BCUT2D eigenvalue weighted by molar-refractivity contribution is -0.244. The molecule has 1 unspecified atom stereocenters. The molecule has 0 N–H and O–H groups in total. The van der Waals surface area contributed by atoms with Crippen LogP contribution in [0.2, 0.25) is 0 Å². The first kappa shape index (κ1) is 17.7. The summed E-state index contributed by atoms with van der Waals surface area (Å²) in [6, 6.07) is 1.91. The van der Waals surface area contributed by atoms with Crippen molar-refractivity contribution in [2.75, 3.05) is 6.61 Å². The van der Waals surface area contributed by atoms with Crippen molar-refractivity contribution in [2.45, 2.75) is 65.6 Å². The molecule has 19 heavy (non-hydrogen) atoms. The molecule has 0 aliphatic carbocycles. The largest absolute Gasteiger partial charge is 0.510 e. The van der Waals surface area contributed by atoms with Gasteiger partial charge in [-0.2, -0.15) is 5.26 Å². The predicted molar refractivity (Wildman–Crippen MR) is 68.4 cm³/mol. The number of hydrogen-bond donors (Lipinski definition) is 0. The van der Waals surface area contributed by atoms with Gasteiger partial charge in [0.2, 0.25) is 11.9 Å². The molecular weight excluding hydrogens is 250 g/mol. The van der Waals surface area contributed by atoms with E-state index in [4.69, 9.17) is 14.2 Å². The Kier molecular flexibility index (Phi) is 7.42. The molecule has 0 heterocycles. The Balaban J connectivity index is 4.97. The van der Waals surface area contributed by atoms with Gasteiger partial charge in [-0.15, -0.1) is 0 Å². The van der Waals surface area contributed by atoms with Gasteiger partial charge >= 0.3 is 6.16 Å². The van der Waals surface area contributed by atoms with Crippen LogP contribution in [0.1, 0.15) is 41.5 Å². The standard InChI is InChI=1S/C13H23NO5/c1-7-16-12(15)19-13(6,8-14)11(17-9(2)3)18-10(4)5/h9-11H,7H2,1-6H3. The smallest absolute Gasteiger partial charge is 0.435 e. The third-order valence-electron chi connectivity index (χ3n) is 2.02. The maximum atomic E-state index is 11.4. The van der Waals surface area contributed by atoms with Crippen molar-refractivity contribution < 1.29 is 23.7 Å². The van der Waals surface area contributed by atoms with Gasteiger partial charge < -0.3 is 18.9 Å². The molecule has 1 atom stereocenters. The van der Waals surface area contributed by atoms with Crippen LogP contribution in [0.4, 0.5) is 4.79 Å². The van der Waals surface area contributed by atoms with Gasteiger partial charge in [-0.25, -0.2) is 4.79 Å². The second-order valence-corrected chi connectivity index (χ2v) is 4.71. The first-order valence-corrected chi connectivity index (χ1v) is 6.33. The van der Waals surface area contributed by atoms with E-state index in [-0.39, 0.29) is 18.8 Å². The Labute approximate surface area is 114 Å². The van der Waals surface area contributed by atoms with Gasteiger partial charge in [-0.05, 0) is 41.5 Å². The van der Waals surface area contributed by atoms with Crippen molar-refractivity contribution in [1.29, 1.82) is 5.26 Å². The summed E-state index contributed by atoms with van der Waals surface area (Å²) >= 11 is 0. The molecule has 0 spiro atoms. The quantitative estimate of drug-likeness (QED) is 0.524. The number of carbonyl (C=O) groups is 1. The molecule has 0 radical (unpaired) electrons. The van der Waals surface area contributed by atoms with Gasteiger partial charge in [0, 0.05) is 0 Å². The van der Waals surface area contributed by atoms with E-state index < -0.39 is 18.0 Å². The molecule has 0 fully saturated rings. The third-order valence-corrected chi connectivity index (χ3v) is 2.02. The minimum absolute atomic E-state index is 0.168. The lowest BCUT2D eigenvalue weighted by Gasteiger charge is -2.32. The number of hydrogen-bond acceptors (Lipinski definition) is 6. The molecule has 0 aliphatic heterocycles. The van der Waals surface area contributed by atoms with Gasteiger partial charge in [-0.3, -0.25) is 0 Å². The van der Waals surface area contributed by atoms with E-state index in [2.05, 4.69) is 4.74 Å². The first-order chi connectivity index (χ1) is 8.75. The molecule has 6 heteroatoms. The number of rotatable bonds is 7. The van der Waals surface area contributed by atoms with Crippen molar-refractivity contribution in [3.05, 3.63) is 0 Å². The van der Waals surface area contributed by atoms with E-state index in [1.165, 1.54) is 6.92 Å². The fraction of sp³-hybridized carbons (Fsp3) is 0.846. The summed E-state index contributed by atoms with van der Waals surface area (Å²) in [5.74, 6) is 0. The van der Waals surface area contributed by atoms with E-state index in [0.717, 1.165) is 0 Å². The van der Waals surface area contributed by atoms with Crippen LogP contribution in [-0.2, 0) is 18.9 Å². The lowest BCUT2D eigenvalue weighted by Crippen LogP contribution is -2.48. The zero-order valence-electron chi connectivity index (χ0n) is 12.4. The van der Waals surface area contributed by atoms with Gasteiger partial charge in [0.05, 0.1) is 18.8 Å². The maximum Gasteiger partial charge on any atom is 0.510 e. The molecule has 110 valence electrons. The summed E-state index contributed by atoms with van der Waals surface area (Å²) in [6.45, 7) is 10.5. The van der Waals surface area contributed by atoms with Crippen molar-refractivity contribution >= 4 is 6.16 Å². The first-order valence-electron chi connectivity index (χ1n) is 6.33. The van der Waals surface area contributed by atoms with Crippen LogP contribution < -0.4 is 0 Å². The highest BCUT2D eigenvalue weighted by Gasteiger charge is 2.42. The molecule has 0 rings (SSSR count). The van der Waals surface area contributed by atoms with Crippen molar-refractivity contribution in [2.24, 2.45) is 0 Å². The minimum Gasteiger partial charge on any atom is -0.435 e.